The second kappa shape index (κ2) is 3.59. The molecule has 1 heterocycles. The zero-order chi connectivity index (χ0) is 9.14. The van der Waals surface area contributed by atoms with Gasteiger partial charge in [0, 0.05) is 6.07 Å². The summed E-state index contributed by atoms with van der Waals surface area (Å²) in [5.74, 6) is -0.262. The maximum absolute atomic E-state index is 10.2. The number of pyridine rings is 1. The number of hydrogen-bond acceptors (Lipinski definition) is 4. The van der Waals surface area contributed by atoms with E-state index in [0.717, 1.165) is 0 Å². The summed E-state index contributed by atoms with van der Waals surface area (Å²) in [5.41, 5.74) is 0.268. The van der Waals surface area contributed by atoms with Crippen LogP contribution in [0, 0.1) is 10.1 Å². The number of aromatic nitrogens is 1. The first-order chi connectivity index (χ1) is 5.65. The van der Waals surface area contributed by atoms with Gasteiger partial charge in [-0.25, -0.2) is 0 Å². The lowest BCUT2D eigenvalue weighted by atomic mass is 10.3. The topological polar surface area (TPSA) is 76.3 Å². The molecule has 0 saturated carbocycles. The van der Waals surface area contributed by atoms with Crippen molar-refractivity contribution < 1.29 is 10.0 Å². The number of nitrogens with zero attached hydrogens (tertiary/aromatic N) is 2. The van der Waals surface area contributed by atoms with Crippen molar-refractivity contribution >= 4 is 21.7 Å². The molecule has 5 nitrogen and oxygen atoms in total. The van der Waals surface area contributed by atoms with Crippen LogP contribution in [-0.4, -0.2) is 15.0 Å². The minimum Gasteiger partial charge on any atom is -0.388 e. The van der Waals surface area contributed by atoms with Gasteiger partial charge in [-0.1, -0.05) is 0 Å². The smallest absolute Gasteiger partial charge is 0.363 e. The molecule has 6 heteroatoms. The van der Waals surface area contributed by atoms with Crippen molar-refractivity contribution in [1.29, 1.82) is 0 Å². The van der Waals surface area contributed by atoms with Crippen LogP contribution in [0.2, 0.25) is 0 Å². The third kappa shape index (κ3) is 1.77. The van der Waals surface area contributed by atoms with Gasteiger partial charge in [0.15, 0.2) is 5.69 Å². The van der Waals surface area contributed by atoms with Gasteiger partial charge < -0.3 is 15.2 Å². The Kier molecular flexibility index (Phi) is 2.72. The molecular formula is C6H5BrN2O3. The lowest BCUT2D eigenvalue weighted by Crippen LogP contribution is -1.96. The minimum absolute atomic E-state index is 0.262. The number of rotatable bonds is 2. The van der Waals surface area contributed by atoms with E-state index in [1.165, 1.54) is 12.1 Å². The van der Waals surface area contributed by atoms with Crippen LogP contribution in [-0.2, 0) is 6.61 Å². The average molecular weight is 233 g/mol. The Bertz CT molecular complexity index is 316. The van der Waals surface area contributed by atoms with E-state index in [-0.39, 0.29) is 18.1 Å². The van der Waals surface area contributed by atoms with Crippen LogP contribution in [0.1, 0.15) is 5.69 Å². The minimum atomic E-state index is -0.606. The molecule has 0 atom stereocenters. The Labute approximate surface area is 76.3 Å². The summed E-state index contributed by atoms with van der Waals surface area (Å²) in [6.45, 7) is -0.317. The van der Waals surface area contributed by atoms with Crippen molar-refractivity contribution in [2.24, 2.45) is 0 Å². The highest BCUT2D eigenvalue weighted by Gasteiger charge is 2.12. The molecule has 0 aliphatic rings. The van der Waals surface area contributed by atoms with Gasteiger partial charge in [0.1, 0.15) is 6.61 Å². The Morgan fingerprint density at radius 2 is 2.33 bits per heavy atom. The summed E-state index contributed by atoms with van der Waals surface area (Å²) in [7, 11) is 0. The highest BCUT2D eigenvalue weighted by Crippen LogP contribution is 2.18. The van der Waals surface area contributed by atoms with Crippen molar-refractivity contribution in [3.05, 3.63) is 32.4 Å². The average Bonchev–Trinajstić information content (AvgIpc) is 2.05. The van der Waals surface area contributed by atoms with E-state index in [0.29, 0.717) is 4.47 Å². The first-order valence-corrected chi connectivity index (χ1v) is 3.85. The fourth-order valence-corrected chi connectivity index (χ4v) is 1.03. The summed E-state index contributed by atoms with van der Waals surface area (Å²) < 4.78 is 0.565. The fourth-order valence-electron chi connectivity index (χ4n) is 0.685. The van der Waals surface area contributed by atoms with Gasteiger partial charge in [-0.15, -0.1) is 0 Å². The highest BCUT2D eigenvalue weighted by molar-refractivity contribution is 9.10. The van der Waals surface area contributed by atoms with Crippen molar-refractivity contribution in [3.63, 3.8) is 0 Å². The molecule has 0 saturated heterocycles. The Hall–Kier alpha value is -1.01. The van der Waals surface area contributed by atoms with E-state index in [4.69, 9.17) is 5.11 Å². The van der Waals surface area contributed by atoms with E-state index in [1.54, 1.807) is 0 Å². The van der Waals surface area contributed by atoms with Crippen LogP contribution < -0.4 is 0 Å². The van der Waals surface area contributed by atoms with Gasteiger partial charge in [-0.3, -0.25) is 0 Å². The quantitative estimate of drug-likeness (QED) is 0.615. The fraction of sp³-hybridized carbons (Fsp3) is 0.167. The lowest BCUT2D eigenvalue weighted by molar-refractivity contribution is -0.389. The normalized spacial score (nSPS) is 9.83. The second-order valence-electron chi connectivity index (χ2n) is 2.01. The van der Waals surface area contributed by atoms with Crippen LogP contribution in [0.5, 0.6) is 0 Å². The first kappa shape index (κ1) is 9.08. The summed E-state index contributed by atoms with van der Waals surface area (Å²) >= 11 is 3.09. The molecule has 12 heavy (non-hydrogen) atoms. The largest absolute Gasteiger partial charge is 0.388 e. The molecule has 0 fully saturated rings. The van der Waals surface area contributed by atoms with E-state index in [9.17, 15) is 10.1 Å². The number of halogens is 1. The highest BCUT2D eigenvalue weighted by atomic mass is 79.9. The van der Waals surface area contributed by atoms with Crippen molar-refractivity contribution in [3.8, 4) is 0 Å². The van der Waals surface area contributed by atoms with Gasteiger partial charge in [-0.2, -0.15) is 0 Å². The molecular weight excluding hydrogens is 228 g/mol. The maximum Gasteiger partial charge on any atom is 0.363 e. The van der Waals surface area contributed by atoms with Crippen molar-refractivity contribution in [2.75, 3.05) is 0 Å². The lowest BCUT2D eigenvalue weighted by Gasteiger charge is -1.95. The number of nitro groups is 1. The number of aliphatic hydroxyl groups excluding tert-OH is 1. The van der Waals surface area contributed by atoms with Crippen LogP contribution in [0.15, 0.2) is 16.6 Å². The third-order valence-electron chi connectivity index (χ3n) is 1.24. The molecule has 0 spiro atoms. The number of hydrogen-bond donors (Lipinski definition) is 1. The van der Waals surface area contributed by atoms with Crippen LogP contribution in [0.3, 0.4) is 0 Å². The summed E-state index contributed by atoms with van der Waals surface area (Å²) in [4.78, 5) is 13.2. The Morgan fingerprint density at radius 3 is 2.83 bits per heavy atom. The van der Waals surface area contributed by atoms with Crippen molar-refractivity contribution in [1.82, 2.24) is 4.98 Å². The monoisotopic (exact) mass is 232 g/mol. The van der Waals surface area contributed by atoms with Crippen molar-refractivity contribution in [2.45, 2.75) is 6.61 Å². The zero-order valence-electron chi connectivity index (χ0n) is 5.90. The van der Waals surface area contributed by atoms with E-state index in [2.05, 4.69) is 20.9 Å². The zero-order valence-corrected chi connectivity index (χ0v) is 7.48. The second-order valence-corrected chi connectivity index (χ2v) is 2.87. The summed E-state index contributed by atoms with van der Waals surface area (Å²) in [5, 5.41) is 18.9. The molecule has 1 aromatic heterocycles. The summed E-state index contributed by atoms with van der Waals surface area (Å²) in [6, 6.07) is 2.75. The molecule has 0 bridgehead atoms. The molecule has 64 valence electrons. The number of aliphatic hydroxyl groups is 1. The van der Waals surface area contributed by atoms with Gasteiger partial charge >= 0.3 is 5.82 Å². The standard InChI is InChI=1S/C6H5BrN2O3/c7-4-1-2-6(9(11)12)8-5(4)3-10/h1-2,10H,3H2. The SMILES string of the molecule is O=[N+]([O-])c1ccc(Br)c(CO)n1. The molecule has 1 N–H and O–H groups in total. The van der Waals surface area contributed by atoms with E-state index < -0.39 is 4.92 Å². The van der Waals surface area contributed by atoms with Gasteiger partial charge in [0.2, 0.25) is 0 Å². The predicted molar refractivity (Wildman–Crippen MR) is 44.5 cm³/mol. The molecule has 0 aliphatic heterocycles. The summed E-state index contributed by atoms with van der Waals surface area (Å²) in [6.07, 6.45) is 0. The van der Waals surface area contributed by atoms with Gasteiger partial charge in [-0.05, 0) is 31.9 Å². The van der Waals surface area contributed by atoms with Crippen LogP contribution in [0.25, 0.3) is 0 Å². The van der Waals surface area contributed by atoms with Gasteiger partial charge in [0.05, 0.1) is 4.47 Å². The van der Waals surface area contributed by atoms with E-state index >= 15 is 0 Å². The third-order valence-corrected chi connectivity index (χ3v) is 1.96. The molecule has 0 unspecified atom stereocenters. The van der Waals surface area contributed by atoms with Crippen LogP contribution in [0.4, 0.5) is 5.82 Å². The maximum atomic E-state index is 10.2. The molecule has 0 aliphatic carbocycles. The first-order valence-electron chi connectivity index (χ1n) is 3.06. The van der Waals surface area contributed by atoms with Gasteiger partial charge in [0.25, 0.3) is 0 Å². The van der Waals surface area contributed by atoms with Crippen LogP contribution >= 0.6 is 15.9 Å². The molecule has 1 aromatic rings. The Balaban J connectivity index is 3.13. The molecule has 0 radical (unpaired) electrons. The molecule has 0 aromatic carbocycles. The van der Waals surface area contributed by atoms with E-state index in [1.807, 2.05) is 0 Å². The Morgan fingerprint density at radius 1 is 1.67 bits per heavy atom. The predicted octanol–water partition coefficient (Wildman–Crippen LogP) is 1.24. The molecule has 0 amide bonds. The molecule has 1 rings (SSSR count).